The van der Waals surface area contributed by atoms with Gasteiger partial charge in [0.05, 0.1) is 17.2 Å². The fraction of sp³-hybridized carbons (Fsp3) is 0.500. The van der Waals surface area contributed by atoms with Crippen LogP contribution in [0.5, 0.6) is 0 Å². The molecule has 6 nitrogen and oxygen atoms in total. The Balaban J connectivity index is 3.04. The van der Waals surface area contributed by atoms with Crippen molar-refractivity contribution in [1.29, 1.82) is 0 Å². The fourth-order valence-electron chi connectivity index (χ4n) is 1.46. The van der Waals surface area contributed by atoms with E-state index in [0.717, 1.165) is 0 Å². The summed E-state index contributed by atoms with van der Waals surface area (Å²) >= 11 is 0. The van der Waals surface area contributed by atoms with Crippen molar-refractivity contribution in [3.05, 3.63) is 33.1 Å². The summed E-state index contributed by atoms with van der Waals surface area (Å²) < 4.78 is 0. The molecule has 88 valence electrons. The molecule has 1 rings (SSSR count). The van der Waals surface area contributed by atoms with Gasteiger partial charge < -0.3 is 0 Å². The molecule has 0 saturated carbocycles. The molecule has 1 heterocycles. The van der Waals surface area contributed by atoms with Gasteiger partial charge in [-0.3, -0.25) is 20.1 Å². The average molecular weight is 224 g/mol. The minimum Gasteiger partial charge on any atom is -0.259 e. The van der Waals surface area contributed by atoms with Gasteiger partial charge in [0, 0.05) is 31.4 Å². The number of nitrogens with zero attached hydrogens (tertiary/aromatic N) is 3. The van der Waals surface area contributed by atoms with Crippen LogP contribution >= 0.6 is 0 Å². The Hall–Kier alpha value is -1.53. The molecule has 1 aromatic heterocycles. The second kappa shape index (κ2) is 5.00. The Morgan fingerprint density at radius 2 is 2.12 bits per heavy atom. The number of nitro groups is 1. The molecule has 1 N–H and O–H groups in total. The Bertz CT molecular complexity index is 404. The number of hydrogen-bond donors (Lipinski definition) is 1. The number of pyridine rings is 1. The van der Waals surface area contributed by atoms with Gasteiger partial charge in [0.15, 0.2) is 0 Å². The summed E-state index contributed by atoms with van der Waals surface area (Å²) in [5.74, 6) is 0. The first-order chi connectivity index (χ1) is 7.43. The minimum absolute atomic E-state index is 0.158. The topological polar surface area (TPSA) is 71.3 Å². The molecule has 0 aliphatic carbocycles. The lowest BCUT2D eigenvalue weighted by Gasteiger charge is -2.13. The van der Waals surface area contributed by atoms with Crippen LogP contribution in [0.2, 0.25) is 0 Å². The number of rotatable bonds is 4. The van der Waals surface area contributed by atoms with Gasteiger partial charge in [-0.25, -0.2) is 5.43 Å². The van der Waals surface area contributed by atoms with Gasteiger partial charge in [-0.2, -0.15) is 0 Å². The van der Waals surface area contributed by atoms with Crippen LogP contribution in [-0.4, -0.2) is 29.0 Å². The maximum atomic E-state index is 10.9. The van der Waals surface area contributed by atoms with Gasteiger partial charge in [0.1, 0.15) is 0 Å². The van der Waals surface area contributed by atoms with Crippen LogP contribution in [0, 0.1) is 24.0 Å². The number of hydrazine groups is 1. The van der Waals surface area contributed by atoms with E-state index in [4.69, 9.17) is 0 Å². The highest BCUT2D eigenvalue weighted by atomic mass is 16.6. The molecule has 0 spiro atoms. The van der Waals surface area contributed by atoms with Crippen LogP contribution in [0.1, 0.15) is 16.8 Å². The van der Waals surface area contributed by atoms with Gasteiger partial charge in [0.25, 0.3) is 5.69 Å². The summed E-state index contributed by atoms with van der Waals surface area (Å²) in [6, 6.07) is 0. The third-order valence-electron chi connectivity index (χ3n) is 2.32. The van der Waals surface area contributed by atoms with Crippen molar-refractivity contribution < 1.29 is 4.92 Å². The van der Waals surface area contributed by atoms with E-state index in [0.29, 0.717) is 23.4 Å². The van der Waals surface area contributed by atoms with E-state index < -0.39 is 0 Å². The first kappa shape index (κ1) is 12.5. The van der Waals surface area contributed by atoms with Gasteiger partial charge in [-0.15, -0.1) is 0 Å². The summed E-state index contributed by atoms with van der Waals surface area (Å²) in [4.78, 5) is 14.7. The van der Waals surface area contributed by atoms with Crippen molar-refractivity contribution >= 4 is 5.69 Å². The fourth-order valence-corrected chi connectivity index (χ4v) is 1.46. The highest BCUT2D eigenvalue weighted by Gasteiger charge is 2.18. The first-order valence-electron chi connectivity index (χ1n) is 4.93. The monoisotopic (exact) mass is 224 g/mol. The largest absolute Gasteiger partial charge is 0.278 e. The third kappa shape index (κ3) is 2.74. The minimum atomic E-state index is -0.356. The standard InChI is InChI=1S/C10H16N4O2/c1-7-5-11-9(6-12-13(3)4)8(2)10(7)14(15)16/h5,12H,6H2,1-4H3. The van der Waals surface area contributed by atoms with Crippen molar-refractivity contribution in [2.45, 2.75) is 20.4 Å². The van der Waals surface area contributed by atoms with E-state index >= 15 is 0 Å². The van der Waals surface area contributed by atoms with Crippen molar-refractivity contribution in [3.63, 3.8) is 0 Å². The first-order valence-corrected chi connectivity index (χ1v) is 4.93. The van der Waals surface area contributed by atoms with Gasteiger partial charge >= 0.3 is 0 Å². The quantitative estimate of drug-likeness (QED) is 0.614. The van der Waals surface area contributed by atoms with Gasteiger partial charge in [-0.1, -0.05) is 0 Å². The molecule has 0 bridgehead atoms. The van der Waals surface area contributed by atoms with E-state index in [1.54, 1.807) is 18.9 Å². The molecule has 0 saturated heterocycles. The zero-order valence-electron chi connectivity index (χ0n) is 9.94. The molecule has 0 aromatic carbocycles. The summed E-state index contributed by atoms with van der Waals surface area (Å²) in [6.07, 6.45) is 1.54. The zero-order valence-corrected chi connectivity index (χ0v) is 9.94. The molecule has 1 aromatic rings. The lowest BCUT2D eigenvalue weighted by atomic mass is 10.1. The summed E-state index contributed by atoms with van der Waals surface area (Å²) in [7, 11) is 3.72. The molecule has 0 fully saturated rings. The van der Waals surface area contributed by atoms with Crippen molar-refractivity contribution in [2.24, 2.45) is 0 Å². The summed E-state index contributed by atoms with van der Waals surface area (Å²) in [6.45, 7) is 3.91. The lowest BCUT2D eigenvalue weighted by Crippen LogP contribution is -2.30. The lowest BCUT2D eigenvalue weighted by molar-refractivity contribution is -0.386. The summed E-state index contributed by atoms with van der Waals surface area (Å²) in [5, 5.41) is 12.7. The Labute approximate surface area is 94.4 Å². The molecule has 0 unspecified atom stereocenters. The molecule has 0 aliphatic rings. The Morgan fingerprint density at radius 1 is 1.50 bits per heavy atom. The molecule has 0 radical (unpaired) electrons. The Morgan fingerprint density at radius 3 is 2.62 bits per heavy atom. The van der Waals surface area contributed by atoms with Crippen LogP contribution in [0.25, 0.3) is 0 Å². The van der Waals surface area contributed by atoms with E-state index in [1.165, 1.54) is 6.20 Å². The highest BCUT2D eigenvalue weighted by Crippen LogP contribution is 2.23. The third-order valence-corrected chi connectivity index (χ3v) is 2.32. The molecule has 6 heteroatoms. The molecule has 16 heavy (non-hydrogen) atoms. The predicted molar refractivity (Wildman–Crippen MR) is 60.9 cm³/mol. The molecule has 0 amide bonds. The van der Waals surface area contributed by atoms with Crippen LogP contribution in [0.3, 0.4) is 0 Å². The number of hydrogen-bond acceptors (Lipinski definition) is 5. The zero-order chi connectivity index (χ0) is 12.3. The van der Waals surface area contributed by atoms with Gasteiger partial charge in [-0.05, 0) is 13.8 Å². The van der Waals surface area contributed by atoms with Crippen molar-refractivity contribution in [1.82, 2.24) is 15.4 Å². The average Bonchev–Trinajstić information content (AvgIpc) is 2.15. The molecule has 0 aliphatic heterocycles. The maximum Gasteiger partial charge on any atom is 0.278 e. The second-order valence-corrected chi connectivity index (χ2v) is 3.85. The van der Waals surface area contributed by atoms with Crippen molar-refractivity contribution in [2.75, 3.05) is 14.1 Å². The molecular weight excluding hydrogens is 208 g/mol. The normalized spacial score (nSPS) is 10.8. The van der Waals surface area contributed by atoms with Crippen LogP contribution in [0.15, 0.2) is 6.20 Å². The maximum absolute atomic E-state index is 10.9. The molecule has 0 atom stereocenters. The number of nitrogens with one attached hydrogen (secondary N) is 1. The van der Waals surface area contributed by atoms with Crippen LogP contribution < -0.4 is 5.43 Å². The number of aromatic nitrogens is 1. The van der Waals surface area contributed by atoms with E-state index in [9.17, 15) is 10.1 Å². The highest BCUT2D eigenvalue weighted by molar-refractivity contribution is 5.47. The molecular formula is C10H16N4O2. The summed E-state index contributed by atoms with van der Waals surface area (Å²) in [5.41, 5.74) is 5.11. The number of aryl methyl sites for hydroxylation is 1. The Kier molecular flexibility index (Phi) is 3.92. The van der Waals surface area contributed by atoms with E-state index in [2.05, 4.69) is 10.4 Å². The second-order valence-electron chi connectivity index (χ2n) is 3.85. The van der Waals surface area contributed by atoms with Crippen LogP contribution in [0.4, 0.5) is 5.69 Å². The SMILES string of the molecule is Cc1cnc(CNN(C)C)c(C)c1[N+](=O)[O-]. The van der Waals surface area contributed by atoms with Gasteiger partial charge in [0.2, 0.25) is 0 Å². The van der Waals surface area contributed by atoms with E-state index in [1.807, 2.05) is 14.1 Å². The predicted octanol–water partition coefficient (Wildman–Crippen LogP) is 1.17. The van der Waals surface area contributed by atoms with Crippen molar-refractivity contribution in [3.8, 4) is 0 Å². The smallest absolute Gasteiger partial charge is 0.259 e. The van der Waals surface area contributed by atoms with Crippen LogP contribution in [-0.2, 0) is 6.54 Å². The van der Waals surface area contributed by atoms with E-state index in [-0.39, 0.29) is 10.6 Å².